The van der Waals surface area contributed by atoms with Crippen LogP contribution >= 0.6 is 0 Å². The van der Waals surface area contributed by atoms with Gasteiger partial charge in [0, 0.05) is 19.1 Å². The molecule has 0 aliphatic carbocycles. The second-order valence-corrected chi connectivity index (χ2v) is 5.09. The van der Waals surface area contributed by atoms with E-state index in [1.54, 1.807) is 0 Å². The molecule has 0 aliphatic heterocycles. The fourth-order valence-electron chi connectivity index (χ4n) is 2.29. The molecule has 0 aromatic rings. The average molecular weight is 229 g/mol. The summed E-state index contributed by atoms with van der Waals surface area (Å²) in [5.74, 6) is 0.662. The van der Waals surface area contributed by atoms with Crippen LogP contribution in [-0.2, 0) is 0 Å². The molecule has 2 atom stereocenters. The minimum absolute atomic E-state index is 0.617. The molecule has 3 nitrogen and oxygen atoms in total. The molecule has 98 valence electrons. The van der Waals surface area contributed by atoms with Gasteiger partial charge in [-0.1, -0.05) is 20.3 Å². The highest BCUT2D eigenvalue weighted by Gasteiger charge is 2.16. The molecule has 0 aromatic heterocycles. The van der Waals surface area contributed by atoms with Crippen LogP contribution in [0.5, 0.6) is 0 Å². The van der Waals surface area contributed by atoms with Crippen LogP contribution < -0.4 is 5.73 Å². The second-order valence-electron chi connectivity index (χ2n) is 5.09. The molecule has 16 heavy (non-hydrogen) atoms. The molecular weight excluding hydrogens is 198 g/mol. The van der Waals surface area contributed by atoms with Crippen molar-refractivity contribution in [3.63, 3.8) is 0 Å². The van der Waals surface area contributed by atoms with Gasteiger partial charge < -0.3 is 10.6 Å². The summed E-state index contributed by atoms with van der Waals surface area (Å²) in [5, 5.41) is 0. The Kier molecular flexibility index (Phi) is 8.90. The van der Waals surface area contributed by atoms with Gasteiger partial charge in [-0.2, -0.15) is 0 Å². The first-order valence-electron chi connectivity index (χ1n) is 6.63. The lowest BCUT2D eigenvalue weighted by Crippen LogP contribution is -2.43. The molecule has 2 N–H and O–H groups in total. The Morgan fingerprint density at radius 3 is 2.12 bits per heavy atom. The average Bonchev–Trinajstić information content (AvgIpc) is 2.22. The van der Waals surface area contributed by atoms with Crippen molar-refractivity contribution in [2.24, 2.45) is 11.7 Å². The van der Waals surface area contributed by atoms with Crippen molar-refractivity contribution in [2.45, 2.75) is 39.7 Å². The first kappa shape index (κ1) is 15.9. The van der Waals surface area contributed by atoms with Crippen molar-refractivity contribution in [1.82, 2.24) is 9.80 Å². The van der Waals surface area contributed by atoms with Crippen molar-refractivity contribution < 1.29 is 0 Å². The molecule has 0 bridgehead atoms. The molecule has 2 unspecified atom stereocenters. The van der Waals surface area contributed by atoms with Gasteiger partial charge in [0.2, 0.25) is 0 Å². The van der Waals surface area contributed by atoms with E-state index in [1.165, 1.54) is 12.8 Å². The third-order valence-corrected chi connectivity index (χ3v) is 3.18. The van der Waals surface area contributed by atoms with Crippen LogP contribution in [-0.4, -0.2) is 56.1 Å². The maximum absolute atomic E-state index is 5.83. The zero-order valence-corrected chi connectivity index (χ0v) is 11.9. The van der Waals surface area contributed by atoms with Gasteiger partial charge in [-0.3, -0.25) is 4.90 Å². The van der Waals surface area contributed by atoms with Gasteiger partial charge in [0.15, 0.2) is 0 Å². The quantitative estimate of drug-likeness (QED) is 0.652. The molecule has 0 saturated heterocycles. The third-order valence-electron chi connectivity index (χ3n) is 3.18. The predicted molar refractivity (Wildman–Crippen MR) is 72.7 cm³/mol. The SMILES string of the molecule is CCCC(CN)CN(CC)C(C)CN(C)C. The topological polar surface area (TPSA) is 32.5 Å². The summed E-state index contributed by atoms with van der Waals surface area (Å²) < 4.78 is 0. The van der Waals surface area contributed by atoms with Crippen LogP contribution in [0, 0.1) is 5.92 Å². The number of rotatable bonds is 9. The molecular formula is C13H31N3. The number of hydrogen-bond acceptors (Lipinski definition) is 3. The standard InChI is InChI=1S/C13H31N3/c1-6-8-13(9-14)11-16(7-2)12(3)10-15(4)5/h12-13H,6-11,14H2,1-5H3. The van der Waals surface area contributed by atoms with Crippen LogP contribution in [0.3, 0.4) is 0 Å². The first-order valence-corrected chi connectivity index (χ1v) is 6.63. The summed E-state index contributed by atoms with van der Waals surface area (Å²) in [4.78, 5) is 4.80. The molecule has 0 heterocycles. The van der Waals surface area contributed by atoms with Gasteiger partial charge in [-0.15, -0.1) is 0 Å². The van der Waals surface area contributed by atoms with E-state index in [0.29, 0.717) is 12.0 Å². The molecule has 0 amide bonds. The Morgan fingerprint density at radius 1 is 1.12 bits per heavy atom. The highest BCUT2D eigenvalue weighted by molar-refractivity contribution is 4.72. The maximum atomic E-state index is 5.83. The summed E-state index contributed by atoms with van der Waals surface area (Å²) in [7, 11) is 4.27. The van der Waals surface area contributed by atoms with Crippen molar-refractivity contribution in [3.8, 4) is 0 Å². The highest BCUT2D eigenvalue weighted by atomic mass is 15.2. The Morgan fingerprint density at radius 2 is 1.75 bits per heavy atom. The summed E-state index contributed by atoms with van der Waals surface area (Å²) in [6, 6.07) is 0.617. The van der Waals surface area contributed by atoms with Crippen LogP contribution in [0.25, 0.3) is 0 Å². The zero-order valence-electron chi connectivity index (χ0n) is 11.9. The lowest BCUT2D eigenvalue weighted by Gasteiger charge is -2.32. The lowest BCUT2D eigenvalue weighted by atomic mass is 10.0. The second kappa shape index (κ2) is 8.97. The summed E-state index contributed by atoms with van der Waals surface area (Å²) in [6.45, 7) is 11.0. The van der Waals surface area contributed by atoms with E-state index in [9.17, 15) is 0 Å². The Labute approximate surface area is 102 Å². The van der Waals surface area contributed by atoms with Crippen molar-refractivity contribution in [3.05, 3.63) is 0 Å². The largest absolute Gasteiger partial charge is 0.330 e. The van der Waals surface area contributed by atoms with E-state index < -0.39 is 0 Å². The van der Waals surface area contributed by atoms with Crippen LogP contribution in [0.15, 0.2) is 0 Å². The van der Waals surface area contributed by atoms with E-state index in [-0.39, 0.29) is 0 Å². The van der Waals surface area contributed by atoms with Gasteiger partial charge in [0.25, 0.3) is 0 Å². The molecule has 0 radical (unpaired) electrons. The molecule has 0 saturated carbocycles. The zero-order chi connectivity index (χ0) is 12.6. The number of hydrogen-bond donors (Lipinski definition) is 1. The third kappa shape index (κ3) is 6.46. The summed E-state index contributed by atoms with van der Waals surface area (Å²) in [5.41, 5.74) is 5.83. The fraction of sp³-hybridized carbons (Fsp3) is 1.00. The van der Waals surface area contributed by atoms with E-state index in [0.717, 1.165) is 26.2 Å². The number of likely N-dealkylation sites (N-methyl/N-ethyl adjacent to an activating group) is 2. The van der Waals surface area contributed by atoms with E-state index in [4.69, 9.17) is 5.73 Å². The minimum atomic E-state index is 0.617. The Bertz CT molecular complexity index is 159. The summed E-state index contributed by atoms with van der Waals surface area (Å²) in [6.07, 6.45) is 2.49. The molecule has 0 aromatic carbocycles. The molecule has 0 aliphatic rings. The van der Waals surface area contributed by atoms with E-state index >= 15 is 0 Å². The van der Waals surface area contributed by atoms with Gasteiger partial charge in [-0.05, 0) is 46.4 Å². The Hall–Kier alpha value is -0.120. The van der Waals surface area contributed by atoms with Gasteiger partial charge in [-0.25, -0.2) is 0 Å². The van der Waals surface area contributed by atoms with E-state index in [2.05, 4.69) is 44.7 Å². The highest BCUT2D eigenvalue weighted by Crippen LogP contribution is 2.10. The maximum Gasteiger partial charge on any atom is 0.0194 e. The molecule has 0 rings (SSSR count). The predicted octanol–water partition coefficient (Wildman–Crippen LogP) is 1.63. The minimum Gasteiger partial charge on any atom is -0.330 e. The van der Waals surface area contributed by atoms with Crippen LogP contribution in [0.2, 0.25) is 0 Å². The normalized spacial score (nSPS) is 15.8. The molecule has 0 fully saturated rings. The van der Waals surface area contributed by atoms with Crippen molar-refractivity contribution in [2.75, 3.05) is 40.3 Å². The molecule has 3 heteroatoms. The Balaban J connectivity index is 4.14. The van der Waals surface area contributed by atoms with Gasteiger partial charge in [0.05, 0.1) is 0 Å². The van der Waals surface area contributed by atoms with Crippen molar-refractivity contribution in [1.29, 1.82) is 0 Å². The fourth-order valence-corrected chi connectivity index (χ4v) is 2.29. The van der Waals surface area contributed by atoms with Crippen LogP contribution in [0.1, 0.15) is 33.6 Å². The van der Waals surface area contributed by atoms with Crippen LogP contribution in [0.4, 0.5) is 0 Å². The lowest BCUT2D eigenvalue weighted by molar-refractivity contribution is 0.155. The van der Waals surface area contributed by atoms with Crippen molar-refractivity contribution >= 4 is 0 Å². The van der Waals surface area contributed by atoms with E-state index in [1.807, 2.05) is 0 Å². The first-order chi connectivity index (χ1) is 7.54. The summed E-state index contributed by atoms with van der Waals surface area (Å²) >= 11 is 0. The smallest absolute Gasteiger partial charge is 0.0194 e. The van der Waals surface area contributed by atoms with Gasteiger partial charge in [0.1, 0.15) is 0 Å². The number of nitrogens with zero attached hydrogens (tertiary/aromatic N) is 2. The van der Waals surface area contributed by atoms with Gasteiger partial charge >= 0.3 is 0 Å². The molecule has 0 spiro atoms. The monoisotopic (exact) mass is 229 g/mol. The number of nitrogens with two attached hydrogens (primary N) is 1.